The standard InChI is InChI=1S/C32H40N2O5/c1-5-6-7-8-13-28(30(35)36)38-23-15-17-25-27(19-23)33-20-34-29(25)22-14-16-24(31(37)39-32(2,3)4)26(18-22)21-11-9-10-12-21/h14-21,28H,5-13H2,1-4H3,(H,35,36). The molecule has 39 heavy (non-hydrogen) atoms. The highest BCUT2D eigenvalue weighted by Crippen LogP contribution is 2.39. The predicted molar refractivity (Wildman–Crippen MR) is 152 cm³/mol. The smallest absolute Gasteiger partial charge is 0.344 e. The number of hydrogen-bond donors (Lipinski definition) is 1. The number of benzene rings is 2. The molecule has 0 amide bonds. The number of carbonyl (C=O) groups excluding carboxylic acids is 1. The van der Waals surface area contributed by atoms with E-state index in [0.29, 0.717) is 29.2 Å². The molecule has 1 aliphatic rings. The van der Waals surface area contributed by atoms with Gasteiger partial charge < -0.3 is 14.6 Å². The van der Waals surface area contributed by atoms with Gasteiger partial charge in [0, 0.05) is 17.0 Å². The average molecular weight is 533 g/mol. The van der Waals surface area contributed by atoms with Crippen LogP contribution in [0.25, 0.3) is 22.2 Å². The molecular weight excluding hydrogens is 492 g/mol. The molecule has 2 aromatic carbocycles. The third kappa shape index (κ3) is 7.34. The zero-order valence-corrected chi connectivity index (χ0v) is 23.5. The molecule has 0 spiro atoms. The lowest BCUT2D eigenvalue weighted by molar-refractivity contribution is -0.145. The number of carbonyl (C=O) groups is 2. The topological polar surface area (TPSA) is 98.6 Å². The maximum Gasteiger partial charge on any atom is 0.344 e. The second-order valence-electron chi connectivity index (χ2n) is 11.5. The number of nitrogens with zero attached hydrogens (tertiary/aromatic N) is 2. The van der Waals surface area contributed by atoms with E-state index >= 15 is 0 Å². The van der Waals surface area contributed by atoms with Gasteiger partial charge >= 0.3 is 11.9 Å². The lowest BCUT2D eigenvalue weighted by Crippen LogP contribution is -2.26. The summed E-state index contributed by atoms with van der Waals surface area (Å²) in [6.45, 7) is 7.77. The first kappa shape index (κ1) is 28.5. The molecule has 3 aromatic rings. The zero-order chi connectivity index (χ0) is 28.0. The second-order valence-corrected chi connectivity index (χ2v) is 11.5. The number of ether oxygens (including phenoxy) is 2. The van der Waals surface area contributed by atoms with Crippen molar-refractivity contribution >= 4 is 22.8 Å². The van der Waals surface area contributed by atoms with Crippen molar-refractivity contribution in [1.82, 2.24) is 9.97 Å². The monoisotopic (exact) mass is 532 g/mol. The number of aromatic nitrogens is 2. The van der Waals surface area contributed by atoms with Crippen LogP contribution in [0.4, 0.5) is 0 Å². The number of aliphatic carboxylic acids is 1. The van der Waals surface area contributed by atoms with Crippen molar-refractivity contribution in [3.63, 3.8) is 0 Å². The van der Waals surface area contributed by atoms with E-state index in [0.717, 1.165) is 73.6 Å². The van der Waals surface area contributed by atoms with Crippen LogP contribution in [0.3, 0.4) is 0 Å². The highest BCUT2D eigenvalue weighted by atomic mass is 16.6. The molecular formula is C32H40N2O5. The summed E-state index contributed by atoms with van der Waals surface area (Å²) < 4.78 is 11.6. The molecule has 208 valence electrons. The van der Waals surface area contributed by atoms with E-state index in [1.807, 2.05) is 39.0 Å². The van der Waals surface area contributed by atoms with Crippen LogP contribution in [0, 0.1) is 0 Å². The minimum absolute atomic E-state index is 0.298. The number of unbranched alkanes of at least 4 members (excludes halogenated alkanes) is 3. The van der Waals surface area contributed by atoms with Gasteiger partial charge in [0.2, 0.25) is 0 Å². The Morgan fingerprint density at radius 1 is 1.03 bits per heavy atom. The van der Waals surface area contributed by atoms with Crippen LogP contribution >= 0.6 is 0 Å². The fourth-order valence-electron chi connectivity index (χ4n) is 5.30. The summed E-state index contributed by atoms with van der Waals surface area (Å²) in [6.07, 6.45) is 9.47. The first-order valence-corrected chi connectivity index (χ1v) is 14.2. The van der Waals surface area contributed by atoms with Crippen molar-refractivity contribution in [3.05, 3.63) is 53.9 Å². The fraction of sp³-hybridized carbons (Fsp3) is 0.500. The summed E-state index contributed by atoms with van der Waals surface area (Å²) in [6, 6.07) is 11.3. The molecule has 0 aliphatic heterocycles. The molecule has 0 bridgehead atoms. The molecule has 1 heterocycles. The Kier molecular flexibility index (Phi) is 9.20. The SMILES string of the molecule is CCCCCCC(Oc1ccc2c(-c3ccc(C(=O)OC(C)(C)C)c(C4CCCC4)c3)ncnc2c1)C(=O)O. The van der Waals surface area contributed by atoms with Crippen LogP contribution in [-0.4, -0.2) is 38.7 Å². The first-order chi connectivity index (χ1) is 18.7. The number of carboxylic acid groups (broad SMARTS) is 1. The Balaban J connectivity index is 1.64. The lowest BCUT2D eigenvalue weighted by Gasteiger charge is -2.22. The van der Waals surface area contributed by atoms with Crippen molar-refractivity contribution in [2.75, 3.05) is 0 Å². The van der Waals surface area contributed by atoms with Gasteiger partial charge in [-0.1, -0.05) is 45.1 Å². The van der Waals surface area contributed by atoms with Crippen molar-refractivity contribution in [1.29, 1.82) is 0 Å². The molecule has 7 nitrogen and oxygen atoms in total. The lowest BCUT2D eigenvalue weighted by atomic mass is 9.90. The molecule has 0 radical (unpaired) electrons. The maximum absolute atomic E-state index is 13.1. The number of fused-ring (bicyclic) bond motifs is 1. The van der Waals surface area contributed by atoms with Gasteiger partial charge in [-0.05, 0) is 82.2 Å². The molecule has 1 aliphatic carbocycles. The van der Waals surface area contributed by atoms with E-state index in [2.05, 4.69) is 23.0 Å². The van der Waals surface area contributed by atoms with Crippen LogP contribution in [0.2, 0.25) is 0 Å². The molecule has 4 rings (SSSR count). The first-order valence-electron chi connectivity index (χ1n) is 14.2. The van der Waals surface area contributed by atoms with Crippen molar-refractivity contribution in [2.45, 2.75) is 103 Å². The summed E-state index contributed by atoms with van der Waals surface area (Å²) in [5.74, 6) is -0.472. The quantitative estimate of drug-likeness (QED) is 0.199. The third-order valence-electron chi connectivity index (χ3n) is 7.22. The number of esters is 1. The van der Waals surface area contributed by atoms with E-state index in [1.54, 1.807) is 12.1 Å². The molecule has 1 fully saturated rings. The predicted octanol–water partition coefficient (Wildman–Crippen LogP) is 7.71. The van der Waals surface area contributed by atoms with E-state index in [9.17, 15) is 14.7 Å². The molecule has 1 saturated carbocycles. The van der Waals surface area contributed by atoms with Crippen LogP contribution in [0.1, 0.15) is 107 Å². The van der Waals surface area contributed by atoms with Gasteiger partial charge in [-0.25, -0.2) is 19.6 Å². The largest absolute Gasteiger partial charge is 0.479 e. The minimum Gasteiger partial charge on any atom is -0.479 e. The van der Waals surface area contributed by atoms with E-state index in [1.165, 1.54) is 6.33 Å². The summed E-state index contributed by atoms with van der Waals surface area (Å²) in [5.41, 5.74) is 3.40. The summed E-state index contributed by atoms with van der Waals surface area (Å²) in [5, 5.41) is 10.5. The fourth-order valence-corrected chi connectivity index (χ4v) is 5.30. The Morgan fingerprint density at radius 2 is 1.79 bits per heavy atom. The normalized spacial score (nSPS) is 14.9. The van der Waals surface area contributed by atoms with Gasteiger partial charge in [-0.2, -0.15) is 0 Å². The second kappa shape index (κ2) is 12.6. The molecule has 0 saturated heterocycles. The Bertz CT molecular complexity index is 1310. The Labute approximate surface area is 231 Å². The molecule has 1 unspecified atom stereocenters. The summed E-state index contributed by atoms with van der Waals surface area (Å²) >= 11 is 0. The minimum atomic E-state index is -0.959. The van der Waals surface area contributed by atoms with Crippen LogP contribution in [-0.2, 0) is 9.53 Å². The van der Waals surface area contributed by atoms with E-state index < -0.39 is 17.7 Å². The molecule has 1 atom stereocenters. The Hall–Kier alpha value is -3.48. The highest BCUT2D eigenvalue weighted by Gasteiger charge is 2.27. The van der Waals surface area contributed by atoms with Gasteiger partial charge in [-0.15, -0.1) is 0 Å². The van der Waals surface area contributed by atoms with Crippen molar-refractivity contribution in [3.8, 4) is 17.0 Å². The van der Waals surface area contributed by atoms with Crippen molar-refractivity contribution in [2.24, 2.45) is 0 Å². The maximum atomic E-state index is 13.1. The summed E-state index contributed by atoms with van der Waals surface area (Å²) in [4.78, 5) is 33.9. The van der Waals surface area contributed by atoms with Gasteiger partial charge in [0.15, 0.2) is 6.10 Å². The van der Waals surface area contributed by atoms with Gasteiger partial charge in [0.05, 0.1) is 16.8 Å². The number of hydrogen-bond acceptors (Lipinski definition) is 6. The molecule has 7 heteroatoms. The zero-order valence-electron chi connectivity index (χ0n) is 23.5. The highest BCUT2D eigenvalue weighted by molar-refractivity contribution is 5.96. The van der Waals surface area contributed by atoms with Crippen LogP contribution in [0.15, 0.2) is 42.7 Å². The average Bonchev–Trinajstić information content (AvgIpc) is 3.43. The molecule has 1 N–H and O–H groups in total. The van der Waals surface area contributed by atoms with E-state index in [4.69, 9.17) is 9.47 Å². The summed E-state index contributed by atoms with van der Waals surface area (Å²) in [7, 11) is 0. The van der Waals surface area contributed by atoms with Gasteiger partial charge in [0.1, 0.15) is 17.7 Å². The Morgan fingerprint density at radius 3 is 2.49 bits per heavy atom. The number of carboxylic acids is 1. The van der Waals surface area contributed by atoms with Crippen LogP contribution in [0.5, 0.6) is 5.75 Å². The number of rotatable bonds is 11. The van der Waals surface area contributed by atoms with E-state index in [-0.39, 0.29) is 5.97 Å². The van der Waals surface area contributed by atoms with Gasteiger partial charge in [0.25, 0.3) is 0 Å². The van der Waals surface area contributed by atoms with Crippen molar-refractivity contribution < 1.29 is 24.2 Å². The van der Waals surface area contributed by atoms with Gasteiger partial charge in [-0.3, -0.25) is 0 Å². The van der Waals surface area contributed by atoms with Crippen LogP contribution < -0.4 is 4.74 Å². The molecule has 1 aromatic heterocycles. The third-order valence-corrected chi connectivity index (χ3v) is 7.22.